The summed E-state index contributed by atoms with van der Waals surface area (Å²) in [6.45, 7) is 5.46. The van der Waals surface area contributed by atoms with E-state index in [-0.39, 0.29) is 0 Å². The van der Waals surface area contributed by atoms with Gasteiger partial charge in [0.25, 0.3) is 0 Å². The molecule has 3 rings (SSSR count). The summed E-state index contributed by atoms with van der Waals surface area (Å²) >= 11 is 0. The number of benzene rings is 1. The number of hydrogen-bond acceptors (Lipinski definition) is 2. The molecule has 1 aromatic carbocycles. The van der Waals surface area contributed by atoms with Crippen LogP contribution < -0.4 is 5.32 Å². The largest absolute Gasteiger partial charge is 0.331 e. The Morgan fingerprint density at radius 1 is 1.39 bits per heavy atom. The lowest BCUT2D eigenvalue weighted by molar-refractivity contribution is 0.575. The molecular formula is C15H21N3. The zero-order valence-corrected chi connectivity index (χ0v) is 11.5. The molecule has 1 aliphatic heterocycles. The van der Waals surface area contributed by atoms with Crippen molar-refractivity contribution in [1.82, 2.24) is 14.9 Å². The van der Waals surface area contributed by atoms with Gasteiger partial charge in [-0.1, -0.05) is 6.07 Å². The van der Waals surface area contributed by atoms with E-state index < -0.39 is 0 Å². The number of nitrogens with zero attached hydrogens (tertiary/aromatic N) is 2. The van der Waals surface area contributed by atoms with E-state index in [1.807, 2.05) is 0 Å². The maximum absolute atomic E-state index is 4.84. The van der Waals surface area contributed by atoms with Crippen molar-refractivity contribution in [3.8, 4) is 0 Å². The average molecular weight is 243 g/mol. The highest BCUT2D eigenvalue weighted by atomic mass is 15.1. The lowest BCUT2D eigenvalue weighted by atomic mass is 10.1. The SMILES string of the molecule is Cc1cc(C)c2nc(CC3CCCN3)n(C)c2c1. The molecule has 0 radical (unpaired) electrons. The maximum atomic E-state index is 4.84. The Morgan fingerprint density at radius 3 is 2.94 bits per heavy atom. The van der Waals surface area contributed by atoms with Crippen molar-refractivity contribution >= 4 is 11.0 Å². The molecule has 0 amide bonds. The number of aryl methyl sites for hydroxylation is 3. The van der Waals surface area contributed by atoms with E-state index in [9.17, 15) is 0 Å². The van der Waals surface area contributed by atoms with E-state index in [2.05, 4.69) is 42.9 Å². The van der Waals surface area contributed by atoms with Gasteiger partial charge in [-0.05, 0) is 50.4 Å². The molecule has 1 aromatic heterocycles. The summed E-state index contributed by atoms with van der Waals surface area (Å²) in [7, 11) is 2.14. The predicted molar refractivity (Wildman–Crippen MR) is 74.9 cm³/mol. The predicted octanol–water partition coefficient (Wildman–Crippen LogP) is 2.48. The molecule has 0 aliphatic carbocycles. The number of fused-ring (bicyclic) bond motifs is 1. The molecule has 1 atom stereocenters. The first kappa shape index (κ1) is 11.7. The van der Waals surface area contributed by atoms with Gasteiger partial charge >= 0.3 is 0 Å². The van der Waals surface area contributed by atoms with Crippen molar-refractivity contribution < 1.29 is 0 Å². The van der Waals surface area contributed by atoms with E-state index in [0.717, 1.165) is 18.5 Å². The number of imidazole rings is 1. The average Bonchev–Trinajstić information content (AvgIpc) is 2.91. The van der Waals surface area contributed by atoms with E-state index in [1.165, 1.54) is 35.3 Å². The summed E-state index contributed by atoms with van der Waals surface area (Å²) in [4.78, 5) is 4.84. The highest BCUT2D eigenvalue weighted by molar-refractivity contribution is 5.80. The first-order chi connectivity index (χ1) is 8.65. The van der Waals surface area contributed by atoms with Gasteiger partial charge in [0.1, 0.15) is 5.82 Å². The van der Waals surface area contributed by atoms with Crippen LogP contribution in [0.15, 0.2) is 12.1 Å². The van der Waals surface area contributed by atoms with Crippen LogP contribution >= 0.6 is 0 Å². The third-order valence-electron chi connectivity index (χ3n) is 4.01. The summed E-state index contributed by atoms with van der Waals surface area (Å²) < 4.78 is 2.26. The van der Waals surface area contributed by atoms with Crippen LogP contribution in [0.1, 0.15) is 29.8 Å². The van der Waals surface area contributed by atoms with E-state index >= 15 is 0 Å². The summed E-state index contributed by atoms with van der Waals surface area (Å²) in [6.07, 6.45) is 3.62. The monoisotopic (exact) mass is 243 g/mol. The Kier molecular flexibility index (Phi) is 2.86. The lowest BCUT2D eigenvalue weighted by Gasteiger charge is -2.09. The number of rotatable bonds is 2. The van der Waals surface area contributed by atoms with Crippen molar-refractivity contribution in [2.45, 2.75) is 39.2 Å². The molecular weight excluding hydrogens is 222 g/mol. The van der Waals surface area contributed by atoms with Crippen LogP contribution in [-0.2, 0) is 13.5 Å². The fraction of sp³-hybridized carbons (Fsp3) is 0.533. The van der Waals surface area contributed by atoms with Gasteiger partial charge in [-0.25, -0.2) is 4.98 Å². The second-order valence-electron chi connectivity index (χ2n) is 5.53. The molecule has 2 heterocycles. The van der Waals surface area contributed by atoms with Gasteiger partial charge in [0.15, 0.2) is 0 Å². The third kappa shape index (κ3) is 1.93. The van der Waals surface area contributed by atoms with Gasteiger partial charge in [0.05, 0.1) is 11.0 Å². The molecule has 1 saturated heterocycles. The van der Waals surface area contributed by atoms with Crippen LogP contribution in [0.25, 0.3) is 11.0 Å². The molecule has 96 valence electrons. The molecule has 3 nitrogen and oxygen atoms in total. The Hall–Kier alpha value is -1.35. The van der Waals surface area contributed by atoms with Gasteiger partial charge < -0.3 is 9.88 Å². The summed E-state index contributed by atoms with van der Waals surface area (Å²) in [5.41, 5.74) is 5.02. The number of nitrogens with one attached hydrogen (secondary N) is 1. The third-order valence-corrected chi connectivity index (χ3v) is 4.01. The summed E-state index contributed by atoms with van der Waals surface area (Å²) in [5, 5.41) is 3.55. The van der Waals surface area contributed by atoms with Crippen LogP contribution in [0.2, 0.25) is 0 Å². The molecule has 3 heteroatoms. The fourth-order valence-electron chi connectivity index (χ4n) is 3.02. The minimum Gasteiger partial charge on any atom is -0.331 e. The first-order valence-electron chi connectivity index (χ1n) is 6.81. The normalized spacial score (nSPS) is 19.8. The van der Waals surface area contributed by atoms with Gasteiger partial charge in [0.2, 0.25) is 0 Å². The van der Waals surface area contributed by atoms with Crippen LogP contribution in [0.4, 0.5) is 0 Å². The first-order valence-corrected chi connectivity index (χ1v) is 6.81. The van der Waals surface area contributed by atoms with Gasteiger partial charge in [0, 0.05) is 19.5 Å². The Balaban J connectivity index is 2.02. The van der Waals surface area contributed by atoms with Gasteiger partial charge in [-0.2, -0.15) is 0 Å². The van der Waals surface area contributed by atoms with Crippen molar-refractivity contribution in [3.05, 3.63) is 29.1 Å². The van der Waals surface area contributed by atoms with Crippen LogP contribution in [0, 0.1) is 13.8 Å². The van der Waals surface area contributed by atoms with E-state index in [4.69, 9.17) is 4.98 Å². The highest BCUT2D eigenvalue weighted by Crippen LogP contribution is 2.22. The molecule has 1 N–H and O–H groups in total. The van der Waals surface area contributed by atoms with Crippen LogP contribution in [0.3, 0.4) is 0 Å². The topological polar surface area (TPSA) is 29.9 Å². The second-order valence-corrected chi connectivity index (χ2v) is 5.53. The zero-order valence-electron chi connectivity index (χ0n) is 11.5. The fourth-order valence-corrected chi connectivity index (χ4v) is 3.02. The van der Waals surface area contributed by atoms with Crippen molar-refractivity contribution in [2.24, 2.45) is 7.05 Å². The molecule has 18 heavy (non-hydrogen) atoms. The highest BCUT2D eigenvalue weighted by Gasteiger charge is 2.18. The van der Waals surface area contributed by atoms with E-state index in [1.54, 1.807) is 0 Å². The molecule has 0 bridgehead atoms. The Bertz CT molecular complexity index is 577. The maximum Gasteiger partial charge on any atom is 0.111 e. The van der Waals surface area contributed by atoms with E-state index in [0.29, 0.717) is 6.04 Å². The Morgan fingerprint density at radius 2 is 2.22 bits per heavy atom. The van der Waals surface area contributed by atoms with Crippen LogP contribution in [0.5, 0.6) is 0 Å². The molecule has 1 aliphatic rings. The van der Waals surface area contributed by atoms with Gasteiger partial charge in [-0.15, -0.1) is 0 Å². The minimum atomic E-state index is 0.613. The smallest absolute Gasteiger partial charge is 0.111 e. The number of hydrogen-bond donors (Lipinski definition) is 1. The lowest BCUT2D eigenvalue weighted by Crippen LogP contribution is -2.25. The van der Waals surface area contributed by atoms with Crippen molar-refractivity contribution in [1.29, 1.82) is 0 Å². The minimum absolute atomic E-state index is 0.613. The van der Waals surface area contributed by atoms with Crippen molar-refractivity contribution in [3.63, 3.8) is 0 Å². The second kappa shape index (κ2) is 4.39. The zero-order chi connectivity index (χ0) is 12.7. The standard InChI is InChI=1S/C15H21N3/c1-10-7-11(2)15-13(8-10)18(3)14(17-15)9-12-5-4-6-16-12/h7-8,12,16H,4-6,9H2,1-3H3. The quantitative estimate of drug-likeness (QED) is 0.878. The molecule has 0 spiro atoms. The Labute approximate surface area is 108 Å². The molecule has 1 fully saturated rings. The summed E-state index contributed by atoms with van der Waals surface area (Å²) in [6, 6.07) is 5.07. The number of aromatic nitrogens is 2. The molecule has 1 unspecified atom stereocenters. The van der Waals surface area contributed by atoms with Crippen LogP contribution in [-0.4, -0.2) is 22.1 Å². The summed E-state index contributed by atoms with van der Waals surface area (Å²) in [5.74, 6) is 1.21. The molecule has 0 saturated carbocycles. The molecule has 2 aromatic rings. The van der Waals surface area contributed by atoms with Gasteiger partial charge in [-0.3, -0.25) is 0 Å². The van der Waals surface area contributed by atoms with Crippen molar-refractivity contribution in [2.75, 3.05) is 6.54 Å².